The molecule has 0 atom stereocenters. The predicted octanol–water partition coefficient (Wildman–Crippen LogP) is 9.83. The van der Waals surface area contributed by atoms with Gasteiger partial charge < -0.3 is 4.42 Å². The van der Waals surface area contributed by atoms with E-state index in [1.807, 2.05) is 42.5 Å². The quantitative estimate of drug-likeness (QED) is 0.219. The molecule has 8 aromatic rings. The SMILES string of the molecule is c1ccc(-c2ccc(-n3c(-c4ccccc4)nnc3-c3ccc(-c4cccc5c4oc4ccccc45)cc3)cc2)cc1. The van der Waals surface area contributed by atoms with Crippen molar-refractivity contribution in [3.8, 4) is 50.7 Å². The average Bonchev–Trinajstić information content (AvgIpc) is 3.68. The number of hydrogen-bond acceptors (Lipinski definition) is 3. The van der Waals surface area contributed by atoms with Gasteiger partial charge in [0.2, 0.25) is 0 Å². The van der Waals surface area contributed by atoms with E-state index in [1.165, 1.54) is 11.1 Å². The molecule has 4 heteroatoms. The summed E-state index contributed by atoms with van der Waals surface area (Å²) in [5.41, 5.74) is 9.31. The van der Waals surface area contributed by atoms with E-state index in [4.69, 9.17) is 9.52 Å². The van der Waals surface area contributed by atoms with Crippen LogP contribution in [0.3, 0.4) is 0 Å². The van der Waals surface area contributed by atoms with Crippen LogP contribution in [0.15, 0.2) is 156 Å². The van der Waals surface area contributed by atoms with Crippen LogP contribution in [0.1, 0.15) is 0 Å². The zero-order valence-corrected chi connectivity index (χ0v) is 22.7. The van der Waals surface area contributed by atoms with E-state index in [2.05, 4.69) is 119 Å². The summed E-state index contributed by atoms with van der Waals surface area (Å²) in [7, 11) is 0. The number of furan rings is 1. The molecule has 0 aliphatic carbocycles. The largest absolute Gasteiger partial charge is 0.455 e. The van der Waals surface area contributed by atoms with E-state index in [0.29, 0.717) is 0 Å². The van der Waals surface area contributed by atoms with Crippen LogP contribution < -0.4 is 0 Å². The third kappa shape index (κ3) is 4.09. The molecule has 0 unspecified atom stereocenters. The second-order valence-electron chi connectivity index (χ2n) is 10.3. The number of hydrogen-bond donors (Lipinski definition) is 0. The molecule has 0 spiro atoms. The highest BCUT2D eigenvalue weighted by atomic mass is 16.3. The smallest absolute Gasteiger partial charge is 0.168 e. The summed E-state index contributed by atoms with van der Waals surface area (Å²) in [6.07, 6.45) is 0. The fourth-order valence-corrected chi connectivity index (χ4v) is 5.70. The lowest BCUT2D eigenvalue weighted by atomic mass is 10.0. The normalized spacial score (nSPS) is 11.3. The lowest BCUT2D eigenvalue weighted by Crippen LogP contribution is -2.00. The molecule has 0 fully saturated rings. The summed E-state index contributed by atoms with van der Waals surface area (Å²) in [6, 6.07) is 52.2. The molecule has 6 aromatic carbocycles. The summed E-state index contributed by atoms with van der Waals surface area (Å²) >= 11 is 0. The van der Waals surface area contributed by atoms with Gasteiger partial charge in [0.15, 0.2) is 11.6 Å². The molecule has 0 N–H and O–H groups in total. The Morgan fingerprint density at radius 3 is 1.64 bits per heavy atom. The standard InChI is InChI=1S/C38H25N3O/c1-3-10-26(11-4-1)27-22-24-31(25-23-27)41-37(29-12-5-2-6-13-29)39-40-38(41)30-20-18-28(19-21-30)32-15-9-16-34-33-14-7-8-17-35(33)42-36(32)34/h1-25H. The summed E-state index contributed by atoms with van der Waals surface area (Å²) in [4.78, 5) is 0. The number of aromatic nitrogens is 3. The molecule has 0 radical (unpaired) electrons. The van der Waals surface area contributed by atoms with Crippen molar-refractivity contribution in [3.63, 3.8) is 0 Å². The molecule has 198 valence electrons. The molecule has 0 saturated heterocycles. The van der Waals surface area contributed by atoms with Crippen LogP contribution in [0.2, 0.25) is 0 Å². The van der Waals surface area contributed by atoms with Crippen molar-refractivity contribution in [2.45, 2.75) is 0 Å². The first-order valence-electron chi connectivity index (χ1n) is 14.0. The third-order valence-electron chi connectivity index (χ3n) is 7.79. The van der Waals surface area contributed by atoms with E-state index in [1.54, 1.807) is 0 Å². The van der Waals surface area contributed by atoms with Gasteiger partial charge in [0.05, 0.1) is 0 Å². The molecule has 2 heterocycles. The number of fused-ring (bicyclic) bond motifs is 3. The molecular weight excluding hydrogens is 514 g/mol. The fraction of sp³-hybridized carbons (Fsp3) is 0. The van der Waals surface area contributed by atoms with E-state index >= 15 is 0 Å². The van der Waals surface area contributed by atoms with Gasteiger partial charge in [0, 0.05) is 33.2 Å². The van der Waals surface area contributed by atoms with Gasteiger partial charge in [-0.3, -0.25) is 4.57 Å². The Hall–Kier alpha value is -5.74. The highest BCUT2D eigenvalue weighted by Gasteiger charge is 2.18. The lowest BCUT2D eigenvalue weighted by molar-refractivity contribution is 0.670. The summed E-state index contributed by atoms with van der Waals surface area (Å²) in [5.74, 6) is 1.59. The maximum atomic E-state index is 6.30. The fourth-order valence-electron chi connectivity index (χ4n) is 5.70. The van der Waals surface area contributed by atoms with E-state index in [0.717, 1.165) is 61.5 Å². The van der Waals surface area contributed by atoms with E-state index < -0.39 is 0 Å². The van der Waals surface area contributed by atoms with Gasteiger partial charge in [0.1, 0.15) is 11.2 Å². The average molecular weight is 540 g/mol. The van der Waals surface area contributed by atoms with Gasteiger partial charge in [-0.2, -0.15) is 0 Å². The minimum Gasteiger partial charge on any atom is -0.455 e. The van der Waals surface area contributed by atoms with E-state index in [9.17, 15) is 0 Å². The predicted molar refractivity (Wildman–Crippen MR) is 170 cm³/mol. The second kappa shape index (κ2) is 10.0. The molecule has 8 rings (SSSR count). The Morgan fingerprint density at radius 1 is 0.405 bits per heavy atom. The molecule has 2 aromatic heterocycles. The molecule has 0 amide bonds. The zero-order valence-electron chi connectivity index (χ0n) is 22.7. The minimum absolute atomic E-state index is 0.787. The van der Waals surface area contributed by atoms with Crippen molar-refractivity contribution in [2.24, 2.45) is 0 Å². The minimum atomic E-state index is 0.787. The van der Waals surface area contributed by atoms with Crippen LogP contribution in [0.25, 0.3) is 72.7 Å². The first kappa shape index (κ1) is 24.1. The third-order valence-corrected chi connectivity index (χ3v) is 7.79. The van der Waals surface area contributed by atoms with Crippen LogP contribution in [0.5, 0.6) is 0 Å². The number of benzene rings is 6. The van der Waals surface area contributed by atoms with Gasteiger partial charge in [-0.15, -0.1) is 10.2 Å². The van der Waals surface area contributed by atoms with E-state index in [-0.39, 0.29) is 0 Å². The summed E-state index contributed by atoms with van der Waals surface area (Å²) in [5, 5.41) is 11.6. The Labute approximate surface area is 243 Å². The van der Waals surface area contributed by atoms with Crippen molar-refractivity contribution >= 4 is 21.9 Å². The molecule has 0 aliphatic heterocycles. The van der Waals surface area contributed by atoms with Gasteiger partial charge in [-0.25, -0.2) is 0 Å². The lowest BCUT2D eigenvalue weighted by Gasteiger charge is -2.12. The summed E-state index contributed by atoms with van der Waals surface area (Å²) in [6.45, 7) is 0. The second-order valence-corrected chi connectivity index (χ2v) is 10.3. The molecule has 0 aliphatic rings. The Morgan fingerprint density at radius 2 is 0.929 bits per heavy atom. The first-order valence-corrected chi connectivity index (χ1v) is 14.0. The maximum Gasteiger partial charge on any atom is 0.168 e. The monoisotopic (exact) mass is 539 g/mol. The Bertz CT molecular complexity index is 2160. The highest BCUT2D eigenvalue weighted by molar-refractivity contribution is 6.09. The van der Waals surface area contributed by atoms with Crippen molar-refractivity contribution in [2.75, 3.05) is 0 Å². The van der Waals surface area contributed by atoms with Crippen molar-refractivity contribution in [1.82, 2.24) is 14.8 Å². The molecule has 42 heavy (non-hydrogen) atoms. The summed E-state index contributed by atoms with van der Waals surface area (Å²) < 4.78 is 8.44. The van der Waals surface area contributed by atoms with Gasteiger partial charge in [0.25, 0.3) is 0 Å². The molecule has 4 nitrogen and oxygen atoms in total. The van der Waals surface area contributed by atoms with Crippen LogP contribution in [0.4, 0.5) is 0 Å². The number of nitrogens with zero attached hydrogens (tertiary/aromatic N) is 3. The molecule has 0 bridgehead atoms. The number of para-hydroxylation sites is 2. The highest BCUT2D eigenvalue weighted by Crippen LogP contribution is 2.37. The zero-order chi connectivity index (χ0) is 27.9. The first-order chi connectivity index (χ1) is 20.8. The number of rotatable bonds is 5. The van der Waals surface area contributed by atoms with Gasteiger partial charge in [-0.1, -0.05) is 133 Å². The van der Waals surface area contributed by atoms with Crippen LogP contribution in [-0.2, 0) is 0 Å². The molecule has 0 saturated carbocycles. The topological polar surface area (TPSA) is 43.9 Å². The maximum absolute atomic E-state index is 6.30. The van der Waals surface area contributed by atoms with Crippen molar-refractivity contribution in [1.29, 1.82) is 0 Å². The Kier molecular flexibility index (Phi) is 5.75. The van der Waals surface area contributed by atoms with Crippen LogP contribution in [0, 0.1) is 0 Å². The van der Waals surface area contributed by atoms with Crippen LogP contribution >= 0.6 is 0 Å². The Balaban J connectivity index is 1.22. The van der Waals surface area contributed by atoms with Crippen molar-refractivity contribution < 1.29 is 4.42 Å². The van der Waals surface area contributed by atoms with Crippen molar-refractivity contribution in [3.05, 3.63) is 152 Å². The van der Waals surface area contributed by atoms with Gasteiger partial charge in [-0.05, 0) is 34.9 Å². The van der Waals surface area contributed by atoms with Crippen LogP contribution in [-0.4, -0.2) is 14.8 Å². The van der Waals surface area contributed by atoms with Gasteiger partial charge >= 0.3 is 0 Å². The molecular formula is C38H25N3O.